The molecule has 0 fully saturated rings. The predicted octanol–water partition coefficient (Wildman–Crippen LogP) is 3.02. The van der Waals surface area contributed by atoms with Crippen LogP contribution in [0.25, 0.3) is 0 Å². The molecule has 0 saturated carbocycles. The highest BCUT2D eigenvalue weighted by molar-refractivity contribution is 5.74. The van der Waals surface area contributed by atoms with Crippen LogP contribution in [0.15, 0.2) is 30.5 Å². The molecule has 132 valence electrons. The van der Waals surface area contributed by atoms with Crippen LogP contribution in [-0.4, -0.2) is 36.1 Å². The number of methoxy groups -OCH3 is 1. The summed E-state index contributed by atoms with van der Waals surface area (Å²) in [6.45, 7) is 4.40. The van der Waals surface area contributed by atoms with E-state index in [1.807, 2.05) is 26.0 Å². The molecule has 0 radical (unpaired) electrons. The van der Waals surface area contributed by atoms with Crippen molar-refractivity contribution in [2.75, 3.05) is 14.2 Å². The minimum Gasteiger partial charge on any atom is -0.496 e. The molecule has 2 aromatic rings. The maximum atomic E-state index is 12.5. The maximum Gasteiger partial charge on any atom is 0.317 e. The summed E-state index contributed by atoms with van der Waals surface area (Å²) in [5, 5.41) is 3.13. The number of nitrogens with one attached hydrogen (secondary N) is 1. The molecule has 2 amide bonds. The third-order valence-corrected chi connectivity index (χ3v) is 4.86. The molecule has 0 saturated heterocycles. The van der Waals surface area contributed by atoms with Gasteiger partial charge < -0.3 is 15.0 Å². The molecule has 0 bridgehead atoms. The lowest BCUT2D eigenvalue weighted by Crippen LogP contribution is -2.43. The number of aryl methyl sites for hydroxylation is 1. The first-order valence-corrected chi connectivity index (χ1v) is 8.57. The fourth-order valence-electron chi connectivity index (χ4n) is 3.47. The lowest BCUT2D eigenvalue weighted by atomic mass is 10.1. The molecular weight excluding hydrogens is 314 g/mol. The van der Waals surface area contributed by atoms with E-state index in [2.05, 4.69) is 22.4 Å². The molecule has 5 heteroatoms. The summed E-state index contributed by atoms with van der Waals surface area (Å²) in [5.41, 5.74) is 5.50. The predicted molar refractivity (Wildman–Crippen MR) is 97.9 cm³/mol. The summed E-state index contributed by atoms with van der Waals surface area (Å²) in [4.78, 5) is 18.7. The molecule has 3 rings (SSSR count). The molecule has 1 N–H and O–H groups in total. The fourth-order valence-corrected chi connectivity index (χ4v) is 3.47. The lowest BCUT2D eigenvalue weighted by Gasteiger charge is -2.22. The van der Waals surface area contributed by atoms with Crippen molar-refractivity contribution in [3.63, 3.8) is 0 Å². The molecule has 0 spiro atoms. The normalized spacial score (nSPS) is 13.4. The SMILES string of the molecule is COc1c(C)cnc(CN(C)C(=O)NC2Cc3ccccc3C2)c1C. The largest absolute Gasteiger partial charge is 0.496 e. The van der Waals surface area contributed by atoms with Gasteiger partial charge >= 0.3 is 6.03 Å². The van der Waals surface area contributed by atoms with E-state index in [4.69, 9.17) is 4.74 Å². The number of pyridine rings is 1. The van der Waals surface area contributed by atoms with Crippen LogP contribution in [0.1, 0.15) is 27.9 Å². The molecule has 1 aliphatic rings. The molecule has 1 heterocycles. The summed E-state index contributed by atoms with van der Waals surface area (Å²) in [7, 11) is 3.46. The quantitative estimate of drug-likeness (QED) is 0.931. The van der Waals surface area contributed by atoms with Crippen molar-refractivity contribution in [3.8, 4) is 5.75 Å². The van der Waals surface area contributed by atoms with Crippen LogP contribution in [0.5, 0.6) is 5.75 Å². The number of aromatic nitrogens is 1. The van der Waals surface area contributed by atoms with E-state index in [1.165, 1.54) is 11.1 Å². The first-order chi connectivity index (χ1) is 12.0. The smallest absolute Gasteiger partial charge is 0.317 e. The number of carbonyl (C=O) groups is 1. The molecule has 5 nitrogen and oxygen atoms in total. The van der Waals surface area contributed by atoms with Crippen molar-refractivity contribution in [2.24, 2.45) is 0 Å². The second-order valence-corrected chi connectivity index (χ2v) is 6.73. The average Bonchev–Trinajstić information content (AvgIpc) is 3.00. The Labute approximate surface area is 149 Å². The summed E-state index contributed by atoms with van der Waals surface area (Å²) in [5.74, 6) is 0.838. The topological polar surface area (TPSA) is 54.5 Å². The highest BCUT2D eigenvalue weighted by Gasteiger charge is 2.24. The zero-order valence-corrected chi connectivity index (χ0v) is 15.3. The minimum absolute atomic E-state index is 0.0708. The Bertz CT molecular complexity index is 764. The number of hydrogen-bond acceptors (Lipinski definition) is 3. The highest BCUT2D eigenvalue weighted by atomic mass is 16.5. The Kier molecular flexibility index (Phi) is 4.93. The molecular formula is C20H25N3O2. The molecule has 1 aromatic carbocycles. The van der Waals surface area contributed by atoms with Gasteiger partial charge in [0.25, 0.3) is 0 Å². The van der Waals surface area contributed by atoms with E-state index in [0.717, 1.165) is 35.4 Å². The third kappa shape index (κ3) is 3.60. The van der Waals surface area contributed by atoms with Crippen molar-refractivity contribution in [1.82, 2.24) is 15.2 Å². The van der Waals surface area contributed by atoms with Gasteiger partial charge in [-0.25, -0.2) is 4.79 Å². The maximum absolute atomic E-state index is 12.5. The monoisotopic (exact) mass is 339 g/mol. The van der Waals surface area contributed by atoms with E-state index < -0.39 is 0 Å². The molecule has 25 heavy (non-hydrogen) atoms. The van der Waals surface area contributed by atoms with Crippen molar-refractivity contribution < 1.29 is 9.53 Å². The van der Waals surface area contributed by atoms with Gasteiger partial charge in [-0.3, -0.25) is 4.98 Å². The number of ether oxygens (including phenoxy) is 1. The van der Waals surface area contributed by atoms with E-state index in [-0.39, 0.29) is 12.1 Å². The van der Waals surface area contributed by atoms with Gasteiger partial charge in [0.05, 0.1) is 19.3 Å². The Morgan fingerprint density at radius 3 is 2.52 bits per heavy atom. The summed E-state index contributed by atoms with van der Waals surface area (Å²) in [6, 6.07) is 8.46. The Hall–Kier alpha value is -2.56. The summed E-state index contributed by atoms with van der Waals surface area (Å²) < 4.78 is 5.44. The van der Waals surface area contributed by atoms with Crippen LogP contribution in [0.3, 0.4) is 0 Å². The molecule has 0 unspecified atom stereocenters. The minimum atomic E-state index is -0.0708. The second kappa shape index (κ2) is 7.13. The third-order valence-electron chi connectivity index (χ3n) is 4.86. The van der Waals surface area contributed by atoms with Gasteiger partial charge in [-0.1, -0.05) is 24.3 Å². The molecule has 1 aromatic heterocycles. The van der Waals surface area contributed by atoms with E-state index in [9.17, 15) is 4.79 Å². The number of urea groups is 1. The number of benzene rings is 1. The van der Waals surface area contributed by atoms with Gasteiger partial charge in [-0.05, 0) is 37.8 Å². The summed E-state index contributed by atoms with van der Waals surface area (Å²) >= 11 is 0. The van der Waals surface area contributed by atoms with Crippen LogP contribution < -0.4 is 10.1 Å². The van der Waals surface area contributed by atoms with Gasteiger partial charge in [0.2, 0.25) is 0 Å². The van der Waals surface area contributed by atoms with Crippen LogP contribution in [0.4, 0.5) is 4.79 Å². The van der Waals surface area contributed by atoms with E-state index in [0.29, 0.717) is 6.54 Å². The van der Waals surface area contributed by atoms with Crippen LogP contribution in [0.2, 0.25) is 0 Å². The first kappa shape index (κ1) is 17.3. The van der Waals surface area contributed by atoms with Crippen LogP contribution >= 0.6 is 0 Å². The Balaban J connectivity index is 1.62. The first-order valence-electron chi connectivity index (χ1n) is 8.57. The van der Waals surface area contributed by atoms with E-state index in [1.54, 1.807) is 25.3 Å². The van der Waals surface area contributed by atoms with Gasteiger partial charge in [0.1, 0.15) is 5.75 Å². The standard InChI is InChI=1S/C20H25N3O2/c1-13-11-21-18(14(2)19(13)25-4)12-23(3)20(24)22-17-9-15-7-5-6-8-16(15)10-17/h5-8,11,17H,9-10,12H2,1-4H3,(H,22,24). The molecule has 0 aliphatic heterocycles. The number of amides is 2. The van der Waals surface area contributed by atoms with Crippen molar-refractivity contribution in [1.29, 1.82) is 0 Å². The van der Waals surface area contributed by atoms with Crippen LogP contribution in [-0.2, 0) is 19.4 Å². The lowest BCUT2D eigenvalue weighted by molar-refractivity contribution is 0.202. The second-order valence-electron chi connectivity index (χ2n) is 6.73. The number of fused-ring (bicyclic) bond motifs is 1. The molecule has 0 atom stereocenters. The van der Waals surface area contributed by atoms with Gasteiger partial charge in [0.15, 0.2) is 0 Å². The van der Waals surface area contributed by atoms with Crippen molar-refractivity contribution in [2.45, 2.75) is 39.3 Å². The number of nitrogens with zero attached hydrogens (tertiary/aromatic N) is 2. The van der Waals surface area contributed by atoms with Gasteiger partial charge in [0, 0.05) is 30.4 Å². The average molecular weight is 339 g/mol. The van der Waals surface area contributed by atoms with Crippen LogP contribution in [0, 0.1) is 13.8 Å². The summed E-state index contributed by atoms with van der Waals surface area (Å²) in [6.07, 6.45) is 3.58. The Morgan fingerprint density at radius 1 is 1.28 bits per heavy atom. The number of hydrogen-bond donors (Lipinski definition) is 1. The van der Waals surface area contributed by atoms with E-state index >= 15 is 0 Å². The fraction of sp³-hybridized carbons (Fsp3) is 0.400. The number of rotatable bonds is 4. The van der Waals surface area contributed by atoms with Gasteiger partial charge in [-0.2, -0.15) is 0 Å². The van der Waals surface area contributed by atoms with Gasteiger partial charge in [-0.15, -0.1) is 0 Å². The zero-order valence-electron chi connectivity index (χ0n) is 15.3. The van der Waals surface area contributed by atoms with Crippen molar-refractivity contribution in [3.05, 3.63) is 58.4 Å². The van der Waals surface area contributed by atoms with Crippen molar-refractivity contribution >= 4 is 6.03 Å². The number of carbonyl (C=O) groups excluding carboxylic acids is 1. The Morgan fingerprint density at radius 2 is 1.92 bits per heavy atom. The molecule has 1 aliphatic carbocycles. The highest BCUT2D eigenvalue weighted by Crippen LogP contribution is 2.25. The zero-order chi connectivity index (χ0) is 18.0.